The molecule has 1 aliphatic rings. The molecule has 3 N–H and O–H groups in total. The second-order valence-electron chi connectivity index (χ2n) is 5.12. The Morgan fingerprint density at radius 2 is 1.90 bits per heavy atom. The van der Waals surface area contributed by atoms with Crippen LogP contribution in [0.2, 0.25) is 5.02 Å². The average Bonchev–Trinajstić information content (AvgIpc) is 2.44. The Morgan fingerprint density at radius 1 is 1.24 bits per heavy atom. The number of carboxylic acids is 1. The number of carbonyl (C=O) groups excluding carboxylic acids is 1. The van der Waals surface area contributed by atoms with Gasteiger partial charge in [0.05, 0.1) is 10.7 Å². The molecule has 1 aromatic carbocycles. The third-order valence-corrected chi connectivity index (χ3v) is 3.99. The largest absolute Gasteiger partial charge is 0.480 e. The minimum Gasteiger partial charge on any atom is -0.480 e. The van der Waals surface area contributed by atoms with Crippen molar-refractivity contribution < 1.29 is 19.1 Å². The van der Waals surface area contributed by atoms with Crippen LogP contribution in [0.4, 0.5) is 14.9 Å². The van der Waals surface area contributed by atoms with Gasteiger partial charge in [-0.25, -0.2) is 14.0 Å². The number of hydrogen-bond acceptors (Lipinski definition) is 2. The molecule has 7 heteroatoms. The van der Waals surface area contributed by atoms with Gasteiger partial charge in [0.15, 0.2) is 0 Å². The van der Waals surface area contributed by atoms with Crippen molar-refractivity contribution >= 4 is 29.3 Å². The molecule has 1 saturated carbocycles. The SMILES string of the molecule is O=C(Nc1c(F)cccc1Cl)NC1(C(=O)O)CCCCC1. The number of carbonyl (C=O) groups is 2. The van der Waals surface area contributed by atoms with Crippen LogP contribution in [0.5, 0.6) is 0 Å². The van der Waals surface area contributed by atoms with Crippen LogP contribution in [-0.2, 0) is 4.79 Å². The van der Waals surface area contributed by atoms with Gasteiger partial charge in [0.25, 0.3) is 0 Å². The first-order chi connectivity index (χ1) is 9.94. The van der Waals surface area contributed by atoms with Crippen LogP contribution in [0, 0.1) is 5.82 Å². The van der Waals surface area contributed by atoms with Gasteiger partial charge in [-0.05, 0) is 25.0 Å². The number of para-hydroxylation sites is 1. The van der Waals surface area contributed by atoms with Crippen LogP contribution in [0.15, 0.2) is 18.2 Å². The van der Waals surface area contributed by atoms with E-state index in [9.17, 15) is 19.1 Å². The topological polar surface area (TPSA) is 78.4 Å². The van der Waals surface area contributed by atoms with E-state index in [0.29, 0.717) is 12.8 Å². The summed E-state index contributed by atoms with van der Waals surface area (Å²) in [5, 5.41) is 14.2. The van der Waals surface area contributed by atoms with Crippen molar-refractivity contribution in [3.63, 3.8) is 0 Å². The van der Waals surface area contributed by atoms with Crippen LogP contribution >= 0.6 is 11.6 Å². The standard InChI is InChI=1S/C14H16ClFN2O3/c15-9-5-4-6-10(16)11(9)17-13(21)18-14(12(19)20)7-2-1-3-8-14/h4-6H,1-3,7-8H2,(H,19,20)(H2,17,18,21). The smallest absolute Gasteiger partial charge is 0.329 e. The Hall–Kier alpha value is -1.82. The Morgan fingerprint density at radius 3 is 2.48 bits per heavy atom. The van der Waals surface area contributed by atoms with E-state index in [2.05, 4.69) is 10.6 Å². The summed E-state index contributed by atoms with van der Waals surface area (Å²) in [6, 6.07) is 3.25. The lowest BCUT2D eigenvalue weighted by Gasteiger charge is -2.33. The molecule has 1 aliphatic carbocycles. The zero-order valence-electron chi connectivity index (χ0n) is 11.3. The molecule has 0 saturated heterocycles. The molecule has 0 spiro atoms. The summed E-state index contributed by atoms with van der Waals surface area (Å²) in [5.41, 5.74) is -1.45. The highest BCUT2D eigenvalue weighted by molar-refractivity contribution is 6.33. The molecule has 0 aliphatic heterocycles. The Bertz CT molecular complexity index is 539. The molecule has 2 amide bonds. The maximum Gasteiger partial charge on any atom is 0.329 e. The van der Waals surface area contributed by atoms with Crippen molar-refractivity contribution in [2.45, 2.75) is 37.6 Å². The Labute approximate surface area is 126 Å². The molecule has 0 heterocycles. The lowest BCUT2D eigenvalue weighted by atomic mass is 9.82. The van der Waals surface area contributed by atoms with Gasteiger partial charge >= 0.3 is 12.0 Å². The summed E-state index contributed by atoms with van der Waals surface area (Å²) in [4.78, 5) is 23.4. The number of anilines is 1. The van der Waals surface area contributed by atoms with Gasteiger partial charge in [-0.1, -0.05) is 36.9 Å². The van der Waals surface area contributed by atoms with E-state index in [-0.39, 0.29) is 10.7 Å². The normalized spacial score (nSPS) is 17.0. The highest BCUT2D eigenvalue weighted by Gasteiger charge is 2.41. The molecule has 114 valence electrons. The molecule has 0 atom stereocenters. The number of urea groups is 1. The minimum absolute atomic E-state index is 0.0539. The second-order valence-corrected chi connectivity index (χ2v) is 5.53. The predicted molar refractivity (Wildman–Crippen MR) is 77.0 cm³/mol. The van der Waals surface area contributed by atoms with Crippen molar-refractivity contribution in [3.05, 3.63) is 29.0 Å². The van der Waals surface area contributed by atoms with Crippen molar-refractivity contribution in [2.75, 3.05) is 5.32 Å². The third-order valence-electron chi connectivity index (χ3n) is 3.67. The van der Waals surface area contributed by atoms with E-state index in [1.807, 2.05) is 0 Å². The van der Waals surface area contributed by atoms with E-state index in [0.717, 1.165) is 25.3 Å². The number of carboxylic acid groups (broad SMARTS) is 1. The van der Waals surface area contributed by atoms with Crippen LogP contribution < -0.4 is 10.6 Å². The fourth-order valence-corrected chi connectivity index (χ4v) is 2.74. The Balaban J connectivity index is 2.11. The quantitative estimate of drug-likeness (QED) is 0.800. The van der Waals surface area contributed by atoms with Gasteiger partial charge < -0.3 is 15.7 Å². The average molecular weight is 315 g/mol. The maximum absolute atomic E-state index is 13.6. The Kier molecular flexibility index (Phi) is 4.67. The maximum atomic E-state index is 13.6. The van der Waals surface area contributed by atoms with E-state index < -0.39 is 23.4 Å². The van der Waals surface area contributed by atoms with Gasteiger partial charge in [0.2, 0.25) is 0 Å². The van der Waals surface area contributed by atoms with Crippen LogP contribution in [0.25, 0.3) is 0 Å². The van der Waals surface area contributed by atoms with Crippen molar-refractivity contribution in [1.29, 1.82) is 0 Å². The fraction of sp³-hybridized carbons (Fsp3) is 0.429. The van der Waals surface area contributed by atoms with Crippen LogP contribution in [0.3, 0.4) is 0 Å². The molecular weight excluding hydrogens is 299 g/mol. The van der Waals surface area contributed by atoms with Crippen LogP contribution in [-0.4, -0.2) is 22.6 Å². The summed E-state index contributed by atoms with van der Waals surface area (Å²) in [6.45, 7) is 0. The summed E-state index contributed by atoms with van der Waals surface area (Å²) < 4.78 is 13.6. The fourth-order valence-electron chi connectivity index (χ4n) is 2.53. The molecule has 5 nitrogen and oxygen atoms in total. The van der Waals surface area contributed by atoms with Gasteiger partial charge in [-0.3, -0.25) is 0 Å². The molecule has 0 radical (unpaired) electrons. The molecule has 0 unspecified atom stereocenters. The third kappa shape index (κ3) is 3.44. The summed E-state index contributed by atoms with van der Waals surface area (Å²) in [7, 11) is 0. The van der Waals surface area contributed by atoms with E-state index in [1.165, 1.54) is 12.1 Å². The first-order valence-electron chi connectivity index (χ1n) is 6.71. The number of rotatable bonds is 3. The lowest BCUT2D eigenvalue weighted by Crippen LogP contribution is -2.56. The first kappa shape index (κ1) is 15.6. The summed E-state index contributed by atoms with van der Waals surface area (Å²) >= 11 is 5.81. The zero-order chi connectivity index (χ0) is 15.5. The molecule has 0 bridgehead atoms. The number of nitrogens with one attached hydrogen (secondary N) is 2. The molecule has 21 heavy (non-hydrogen) atoms. The molecule has 1 fully saturated rings. The molecule has 1 aromatic rings. The van der Waals surface area contributed by atoms with Gasteiger partial charge in [-0.2, -0.15) is 0 Å². The lowest BCUT2D eigenvalue weighted by molar-refractivity contribution is -0.145. The monoisotopic (exact) mass is 314 g/mol. The van der Waals surface area contributed by atoms with E-state index in [1.54, 1.807) is 0 Å². The number of amides is 2. The van der Waals surface area contributed by atoms with Crippen molar-refractivity contribution in [3.8, 4) is 0 Å². The highest BCUT2D eigenvalue weighted by atomic mass is 35.5. The van der Waals surface area contributed by atoms with Gasteiger partial charge in [0, 0.05) is 0 Å². The summed E-state index contributed by atoms with van der Waals surface area (Å²) in [6.07, 6.45) is 3.12. The number of benzene rings is 1. The van der Waals surface area contributed by atoms with Crippen molar-refractivity contribution in [1.82, 2.24) is 5.32 Å². The van der Waals surface area contributed by atoms with Gasteiger partial charge in [-0.15, -0.1) is 0 Å². The number of halogens is 2. The number of aliphatic carboxylic acids is 1. The highest BCUT2D eigenvalue weighted by Crippen LogP contribution is 2.29. The number of hydrogen-bond donors (Lipinski definition) is 3. The minimum atomic E-state index is -1.29. The molecular formula is C14H16ClFN2O3. The molecule has 0 aromatic heterocycles. The van der Waals surface area contributed by atoms with E-state index >= 15 is 0 Å². The molecule has 2 rings (SSSR count). The zero-order valence-corrected chi connectivity index (χ0v) is 12.0. The first-order valence-corrected chi connectivity index (χ1v) is 7.09. The van der Waals surface area contributed by atoms with Crippen LogP contribution in [0.1, 0.15) is 32.1 Å². The summed E-state index contributed by atoms with van der Waals surface area (Å²) in [5.74, 6) is -1.75. The predicted octanol–water partition coefficient (Wildman–Crippen LogP) is 3.39. The van der Waals surface area contributed by atoms with Gasteiger partial charge in [0.1, 0.15) is 11.4 Å². The van der Waals surface area contributed by atoms with E-state index in [4.69, 9.17) is 11.6 Å². The second kappa shape index (κ2) is 6.30. The van der Waals surface area contributed by atoms with Crippen molar-refractivity contribution in [2.24, 2.45) is 0 Å².